The largest absolute Gasteiger partial charge is 0.456 e. The van der Waals surface area contributed by atoms with Gasteiger partial charge in [-0.25, -0.2) is 0 Å². The van der Waals surface area contributed by atoms with Gasteiger partial charge in [0.25, 0.3) is 0 Å². The van der Waals surface area contributed by atoms with E-state index in [0.717, 1.165) is 82.8 Å². The maximum atomic E-state index is 6.31. The van der Waals surface area contributed by atoms with Crippen LogP contribution in [0.25, 0.3) is 65.8 Å². The summed E-state index contributed by atoms with van der Waals surface area (Å²) in [6, 6.07) is 40.3. The van der Waals surface area contributed by atoms with Crippen LogP contribution in [-0.4, -0.2) is 9.97 Å². The van der Waals surface area contributed by atoms with Gasteiger partial charge in [0.2, 0.25) is 0 Å². The van der Waals surface area contributed by atoms with E-state index < -0.39 is 0 Å². The fraction of sp³-hybridized carbons (Fsp3) is 0. The Bertz CT molecular complexity index is 2360. The minimum atomic E-state index is 0.773. The molecule has 5 nitrogen and oxygen atoms in total. The van der Waals surface area contributed by atoms with Crippen LogP contribution in [0.2, 0.25) is 0 Å². The Morgan fingerprint density at radius 2 is 1.12 bits per heavy atom. The number of fused-ring (bicyclic) bond motifs is 7. The van der Waals surface area contributed by atoms with Crippen LogP contribution < -0.4 is 4.90 Å². The lowest BCUT2D eigenvalue weighted by molar-refractivity contribution is 0.667. The van der Waals surface area contributed by atoms with Crippen molar-refractivity contribution in [1.29, 1.82) is 0 Å². The molecule has 202 valence electrons. The fourth-order valence-corrected chi connectivity index (χ4v) is 6.21. The van der Waals surface area contributed by atoms with Gasteiger partial charge in [-0.05, 0) is 65.0 Å². The topological polar surface area (TPSA) is 55.3 Å². The maximum Gasteiger partial charge on any atom is 0.153 e. The van der Waals surface area contributed by atoms with E-state index in [1.54, 1.807) is 18.6 Å². The molecule has 0 bridgehead atoms. The molecule has 0 aliphatic rings. The highest BCUT2D eigenvalue weighted by molar-refractivity contribution is 6.09. The maximum absolute atomic E-state index is 6.31. The molecule has 4 heterocycles. The molecule has 0 aliphatic carbocycles. The average Bonchev–Trinajstić information content (AvgIpc) is 3.63. The number of furan rings is 2. The summed E-state index contributed by atoms with van der Waals surface area (Å²) in [7, 11) is 0. The predicted molar refractivity (Wildman–Crippen MR) is 174 cm³/mol. The smallest absolute Gasteiger partial charge is 0.153 e. The summed E-state index contributed by atoms with van der Waals surface area (Å²) in [5.41, 5.74) is 8.54. The van der Waals surface area contributed by atoms with Crippen molar-refractivity contribution in [3.8, 4) is 11.1 Å². The molecule has 0 aliphatic heterocycles. The molecule has 43 heavy (non-hydrogen) atoms. The second-order valence-corrected chi connectivity index (χ2v) is 10.7. The van der Waals surface area contributed by atoms with Crippen molar-refractivity contribution in [1.82, 2.24) is 9.97 Å². The Hall–Kier alpha value is -5.94. The third-order valence-electron chi connectivity index (χ3n) is 8.22. The third kappa shape index (κ3) is 3.79. The van der Waals surface area contributed by atoms with E-state index in [9.17, 15) is 0 Å². The number of benzene rings is 5. The Kier molecular flexibility index (Phi) is 5.13. The normalized spacial score (nSPS) is 11.7. The summed E-state index contributed by atoms with van der Waals surface area (Å²) in [5, 5.41) is 6.46. The van der Waals surface area contributed by atoms with Crippen molar-refractivity contribution >= 4 is 71.7 Å². The van der Waals surface area contributed by atoms with Crippen molar-refractivity contribution in [2.24, 2.45) is 0 Å². The van der Waals surface area contributed by atoms with E-state index in [0.29, 0.717) is 0 Å². The van der Waals surface area contributed by atoms with Crippen LogP contribution in [0.3, 0.4) is 0 Å². The molecule has 0 saturated carbocycles. The molecule has 0 saturated heterocycles. The second-order valence-electron chi connectivity index (χ2n) is 10.7. The third-order valence-corrected chi connectivity index (χ3v) is 8.22. The summed E-state index contributed by atoms with van der Waals surface area (Å²) < 4.78 is 12.6. The second kappa shape index (κ2) is 9.29. The van der Waals surface area contributed by atoms with Crippen LogP contribution in [0.4, 0.5) is 17.1 Å². The van der Waals surface area contributed by atoms with E-state index >= 15 is 0 Å². The van der Waals surface area contributed by atoms with E-state index in [2.05, 4.69) is 112 Å². The van der Waals surface area contributed by atoms with Crippen LogP contribution in [0.5, 0.6) is 0 Å². The van der Waals surface area contributed by atoms with Crippen molar-refractivity contribution in [3.63, 3.8) is 0 Å². The fourth-order valence-electron chi connectivity index (χ4n) is 6.21. The molecule has 9 aromatic rings. The van der Waals surface area contributed by atoms with E-state index in [4.69, 9.17) is 8.83 Å². The number of pyridine rings is 2. The van der Waals surface area contributed by atoms with Gasteiger partial charge >= 0.3 is 0 Å². The lowest BCUT2D eigenvalue weighted by atomic mass is 9.98. The molecule has 5 aromatic carbocycles. The highest BCUT2D eigenvalue weighted by atomic mass is 16.3. The molecule has 9 rings (SSSR count). The first-order valence-corrected chi connectivity index (χ1v) is 14.2. The van der Waals surface area contributed by atoms with Crippen LogP contribution in [0.1, 0.15) is 0 Å². The highest BCUT2D eigenvalue weighted by Gasteiger charge is 2.20. The van der Waals surface area contributed by atoms with Crippen molar-refractivity contribution in [2.75, 3.05) is 4.90 Å². The molecule has 0 spiro atoms. The Balaban J connectivity index is 1.34. The summed E-state index contributed by atoms with van der Waals surface area (Å²) in [6.45, 7) is 0. The molecule has 5 heteroatoms. The molecule has 0 atom stereocenters. The number of anilines is 3. The zero-order valence-corrected chi connectivity index (χ0v) is 22.9. The number of hydrogen-bond donors (Lipinski definition) is 0. The van der Waals surface area contributed by atoms with E-state index in [1.807, 2.05) is 24.4 Å². The van der Waals surface area contributed by atoms with E-state index in [-0.39, 0.29) is 0 Å². The van der Waals surface area contributed by atoms with Crippen LogP contribution in [-0.2, 0) is 0 Å². The first kappa shape index (κ1) is 23.7. The van der Waals surface area contributed by atoms with Gasteiger partial charge < -0.3 is 13.7 Å². The lowest BCUT2D eigenvalue weighted by Crippen LogP contribution is -2.10. The standard InChI is InChI=1S/C38H23N3O2/c1-2-6-24(7-3-1)26-18-25-8-4-5-9-29(25)34(19-26)41(27-10-12-30-32-14-16-40-23-38(32)43-36(30)20-27)28-11-13-31-33-22-39-17-15-35(33)42-37(31)21-28/h1-23H. The van der Waals surface area contributed by atoms with Crippen LogP contribution in [0.15, 0.2) is 149 Å². The summed E-state index contributed by atoms with van der Waals surface area (Å²) >= 11 is 0. The Morgan fingerprint density at radius 3 is 1.95 bits per heavy atom. The number of nitrogens with zero attached hydrogens (tertiary/aromatic N) is 3. The van der Waals surface area contributed by atoms with Gasteiger partial charge in [-0.1, -0.05) is 54.6 Å². The van der Waals surface area contributed by atoms with Crippen molar-refractivity contribution in [2.45, 2.75) is 0 Å². The highest BCUT2D eigenvalue weighted by Crippen LogP contribution is 2.44. The van der Waals surface area contributed by atoms with Gasteiger partial charge in [0.15, 0.2) is 5.58 Å². The SMILES string of the molecule is c1ccc(-c2cc(N(c3ccc4c(c3)oc3cnccc34)c3ccc4c(c3)oc3ccncc34)c3ccccc3c2)cc1. The Labute approximate surface area is 246 Å². The van der Waals surface area contributed by atoms with Crippen LogP contribution >= 0.6 is 0 Å². The zero-order valence-electron chi connectivity index (χ0n) is 22.9. The molecule has 4 aromatic heterocycles. The minimum Gasteiger partial charge on any atom is -0.456 e. The first-order chi connectivity index (χ1) is 21.3. The van der Waals surface area contributed by atoms with Crippen molar-refractivity contribution < 1.29 is 8.83 Å². The minimum absolute atomic E-state index is 0.773. The van der Waals surface area contributed by atoms with Crippen molar-refractivity contribution in [3.05, 3.63) is 140 Å². The Morgan fingerprint density at radius 1 is 0.442 bits per heavy atom. The first-order valence-electron chi connectivity index (χ1n) is 14.2. The lowest BCUT2D eigenvalue weighted by Gasteiger charge is -2.27. The van der Waals surface area contributed by atoms with Gasteiger partial charge in [0.05, 0.1) is 11.9 Å². The van der Waals surface area contributed by atoms with Gasteiger partial charge in [0.1, 0.15) is 16.7 Å². The monoisotopic (exact) mass is 553 g/mol. The summed E-state index contributed by atoms with van der Waals surface area (Å²) in [4.78, 5) is 10.9. The quantitative estimate of drug-likeness (QED) is 0.217. The van der Waals surface area contributed by atoms with Gasteiger partial charge in [-0.3, -0.25) is 9.97 Å². The number of rotatable bonds is 4. The molecule has 0 unspecified atom stereocenters. The van der Waals surface area contributed by atoms with E-state index in [1.165, 1.54) is 0 Å². The molecule has 0 N–H and O–H groups in total. The zero-order chi connectivity index (χ0) is 28.3. The summed E-state index contributed by atoms with van der Waals surface area (Å²) in [6.07, 6.45) is 7.20. The van der Waals surface area contributed by atoms with Gasteiger partial charge in [-0.15, -0.1) is 0 Å². The number of aromatic nitrogens is 2. The number of hydrogen-bond acceptors (Lipinski definition) is 5. The average molecular weight is 554 g/mol. The predicted octanol–water partition coefficient (Wildman–Crippen LogP) is 10.6. The molecule has 0 fully saturated rings. The molecule has 0 radical (unpaired) electrons. The summed E-state index contributed by atoms with van der Waals surface area (Å²) in [5.74, 6) is 0. The van der Waals surface area contributed by atoms with Crippen LogP contribution in [0, 0.1) is 0 Å². The van der Waals surface area contributed by atoms with Gasteiger partial charge in [0, 0.05) is 69.0 Å². The molecular weight excluding hydrogens is 530 g/mol. The molecular formula is C38H23N3O2. The van der Waals surface area contributed by atoms with Gasteiger partial charge in [-0.2, -0.15) is 0 Å². The molecule has 0 amide bonds.